The molecule has 0 unspecified atom stereocenters. The van der Waals surface area contributed by atoms with Gasteiger partial charge in [-0.1, -0.05) is 31.2 Å². The Morgan fingerprint density at radius 2 is 1.81 bits per heavy atom. The predicted octanol–water partition coefficient (Wildman–Crippen LogP) is 3.83. The number of imidazole rings is 1. The average Bonchev–Trinajstić information content (AvgIpc) is 2.98. The van der Waals surface area contributed by atoms with E-state index in [1.165, 1.54) is 11.1 Å². The third kappa shape index (κ3) is 2.42. The SMILES string of the molecule is CCc1ccc(Cn2c(=S)[nH]c3c(C)nn(CC)c32)cc1. The molecule has 1 N–H and O–H groups in total. The summed E-state index contributed by atoms with van der Waals surface area (Å²) in [6, 6.07) is 8.73. The fraction of sp³-hybridized carbons (Fsp3) is 0.375. The van der Waals surface area contributed by atoms with Crippen molar-refractivity contribution < 1.29 is 0 Å². The van der Waals surface area contributed by atoms with Crippen LogP contribution in [0.15, 0.2) is 24.3 Å². The highest BCUT2D eigenvalue weighted by atomic mass is 32.1. The molecule has 0 aliphatic heterocycles. The number of H-pyrrole nitrogens is 1. The minimum absolute atomic E-state index is 0.757. The van der Waals surface area contributed by atoms with Crippen LogP contribution in [0.5, 0.6) is 0 Å². The number of fused-ring (bicyclic) bond motifs is 1. The van der Waals surface area contributed by atoms with Crippen molar-refractivity contribution in [3.8, 4) is 0 Å². The van der Waals surface area contributed by atoms with Gasteiger partial charge < -0.3 is 4.98 Å². The van der Waals surface area contributed by atoms with Crippen LogP contribution < -0.4 is 0 Å². The molecule has 0 amide bonds. The minimum atomic E-state index is 0.757. The van der Waals surface area contributed by atoms with Crippen molar-refractivity contribution in [3.05, 3.63) is 45.9 Å². The van der Waals surface area contributed by atoms with Crippen LogP contribution in [-0.4, -0.2) is 19.3 Å². The Bertz CT molecular complexity index is 820. The standard InChI is InChI=1S/C16H20N4S/c1-4-12-6-8-13(9-7-12)10-19-15-14(17-16(19)21)11(3)18-20(15)5-2/h6-9H,4-5,10H2,1-3H3,(H,17,21). The van der Waals surface area contributed by atoms with Gasteiger partial charge in [0.05, 0.1) is 12.2 Å². The Balaban J connectivity index is 2.06. The van der Waals surface area contributed by atoms with Gasteiger partial charge in [0.1, 0.15) is 5.52 Å². The lowest BCUT2D eigenvalue weighted by Crippen LogP contribution is -2.06. The van der Waals surface area contributed by atoms with E-state index in [4.69, 9.17) is 12.2 Å². The molecular formula is C16H20N4S. The van der Waals surface area contributed by atoms with Crippen molar-refractivity contribution in [3.63, 3.8) is 0 Å². The van der Waals surface area contributed by atoms with Crippen molar-refractivity contribution in [2.45, 2.75) is 40.3 Å². The number of aromatic nitrogens is 4. The first-order valence-electron chi connectivity index (χ1n) is 7.37. The van der Waals surface area contributed by atoms with Crippen molar-refractivity contribution in [1.29, 1.82) is 0 Å². The van der Waals surface area contributed by atoms with Gasteiger partial charge >= 0.3 is 0 Å². The Kier molecular flexibility index (Phi) is 3.68. The molecule has 2 heterocycles. The quantitative estimate of drug-likeness (QED) is 0.744. The normalized spacial score (nSPS) is 11.4. The fourth-order valence-electron chi connectivity index (χ4n) is 2.69. The van der Waals surface area contributed by atoms with Crippen LogP contribution in [0.2, 0.25) is 0 Å². The molecule has 5 heteroatoms. The molecule has 0 saturated heterocycles. The summed E-state index contributed by atoms with van der Waals surface area (Å²) >= 11 is 5.49. The van der Waals surface area contributed by atoms with Crippen LogP contribution in [0.1, 0.15) is 30.7 Å². The largest absolute Gasteiger partial charge is 0.328 e. The lowest BCUT2D eigenvalue weighted by molar-refractivity contribution is 0.643. The minimum Gasteiger partial charge on any atom is -0.328 e. The highest BCUT2D eigenvalue weighted by molar-refractivity contribution is 7.71. The molecule has 110 valence electrons. The van der Waals surface area contributed by atoms with Crippen LogP contribution >= 0.6 is 12.2 Å². The van der Waals surface area contributed by atoms with E-state index in [0.717, 1.165) is 41.1 Å². The van der Waals surface area contributed by atoms with Crippen LogP contribution in [0.4, 0.5) is 0 Å². The molecule has 1 aromatic carbocycles. The molecular weight excluding hydrogens is 280 g/mol. The van der Waals surface area contributed by atoms with Crippen LogP contribution in [0, 0.1) is 11.7 Å². The first-order valence-corrected chi connectivity index (χ1v) is 7.78. The second-order valence-electron chi connectivity index (χ2n) is 5.29. The van der Waals surface area contributed by atoms with Gasteiger partial charge in [-0.2, -0.15) is 5.10 Å². The summed E-state index contributed by atoms with van der Waals surface area (Å²) in [6.45, 7) is 7.89. The third-order valence-corrected chi connectivity index (χ3v) is 4.23. The van der Waals surface area contributed by atoms with Crippen molar-refractivity contribution in [1.82, 2.24) is 19.3 Å². The third-order valence-electron chi connectivity index (χ3n) is 3.90. The van der Waals surface area contributed by atoms with Crippen LogP contribution in [0.3, 0.4) is 0 Å². The van der Waals surface area contributed by atoms with Gasteiger partial charge in [-0.05, 0) is 43.6 Å². The fourth-order valence-corrected chi connectivity index (χ4v) is 2.94. The van der Waals surface area contributed by atoms with E-state index in [9.17, 15) is 0 Å². The van der Waals surface area contributed by atoms with Crippen molar-refractivity contribution in [2.24, 2.45) is 0 Å². The highest BCUT2D eigenvalue weighted by Crippen LogP contribution is 2.19. The summed E-state index contributed by atoms with van der Waals surface area (Å²) in [6.07, 6.45) is 1.07. The number of nitrogens with zero attached hydrogens (tertiary/aromatic N) is 3. The van der Waals surface area contributed by atoms with E-state index >= 15 is 0 Å². The zero-order chi connectivity index (χ0) is 15.0. The Hall–Kier alpha value is -1.88. The molecule has 0 fully saturated rings. The molecule has 0 bridgehead atoms. The lowest BCUT2D eigenvalue weighted by atomic mass is 10.1. The van der Waals surface area contributed by atoms with E-state index in [0.29, 0.717) is 0 Å². The zero-order valence-electron chi connectivity index (χ0n) is 12.7. The summed E-state index contributed by atoms with van der Waals surface area (Å²) in [5.74, 6) is 0. The molecule has 3 rings (SSSR count). The van der Waals surface area contributed by atoms with E-state index in [-0.39, 0.29) is 0 Å². The number of aryl methyl sites for hydroxylation is 3. The maximum absolute atomic E-state index is 5.49. The first-order chi connectivity index (χ1) is 10.1. The topological polar surface area (TPSA) is 38.5 Å². The van der Waals surface area contributed by atoms with Gasteiger partial charge in [-0.15, -0.1) is 0 Å². The maximum Gasteiger partial charge on any atom is 0.179 e. The number of aromatic amines is 1. The van der Waals surface area contributed by atoms with E-state index in [1.54, 1.807) is 0 Å². The summed E-state index contributed by atoms with van der Waals surface area (Å²) in [7, 11) is 0. The molecule has 4 nitrogen and oxygen atoms in total. The monoisotopic (exact) mass is 300 g/mol. The van der Waals surface area contributed by atoms with E-state index in [1.807, 2.05) is 11.6 Å². The van der Waals surface area contributed by atoms with Gasteiger partial charge in [0, 0.05) is 6.54 Å². The molecule has 0 saturated carbocycles. The number of hydrogen-bond acceptors (Lipinski definition) is 2. The Labute approximate surface area is 129 Å². The summed E-state index contributed by atoms with van der Waals surface area (Å²) in [5.41, 5.74) is 5.74. The van der Waals surface area contributed by atoms with Gasteiger partial charge in [0.2, 0.25) is 0 Å². The average molecular weight is 300 g/mol. The number of hydrogen-bond donors (Lipinski definition) is 1. The van der Waals surface area contributed by atoms with E-state index in [2.05, 4.69) is 52.8 Å². The number of nitrogens with one attached hydrogen (secondary N) is 1. The summed E-state index contributed by atoms with van der Waals surface area (Å²) < 4.78 is 4.90. The van der Waals surface area contributed by atoms with Gasteiger partial charge in [0.25, 0.3) is 0 Å². The molecule has 3 aromatic rings. The van der Waals surface area contributed by atoms with Crippen molar-refractivity contribution >= 4 is 23.4 Å². The number of rotatable bonds is 4. The zero-order valence-corrected chi connectivity index (χ0v) is 13.5. The second-order valence-corrected chi connectivity index (χ2v) is 5.67. The molecule has 0 aliphatic rings. The first kappa shape index (κ1) is 14.1. The van der Waals surface area contributed by atoms with Crippen LogP contribution in [0.25, 0.3) is 11.2 Å². The van der Waals surface area contributed by atoms with Gasteiger partial charge in [-0.3, -0.25) is 4.57 Å². The second kappa shape index (κ2) is 5.48. The highest BCUT2D eigenvalue weighted by Gasteiger charge is 2.13. The number of benzene rings is 1. The molecule has 0 radical (unpaired) electrons. The molecule has 0 aliphatic carbocycles. The predicted molar refractivity (Wildman–Crippen MR) is 88.2 cm³/mol. The maximum atomic E-state index is 5.49. The molecule has 21 heavy (non-hydrogen) atoms. The van der Waals surface area contributed by atoms with Gasteiger partial charge in [-0.25, -0.2) is 4.68 Å². The van der Waals surface area contributed by atoms with E-state index < -0.39 is 0 Å². The lowest BCUT2D eigenvalue weighted by Gasteiger charge is -2.07. The van der Waals surface area contributed by atoms with Crippen molar-refractivity contribution in [2.75, 3.05) is 0 Å². The Morgan fingerprint density at radius 1 is 1.14 bits per heavy atom. The Morgan fingerprint density at radius 3 is 2.43 bits per heavy atom. The molecule has 0 atom stereocenters. The summed E-state index contributed by atoms with van der Waals surface area (Å²) in [5, 5.41) is 4.56. The van der Waals surface area contributed by atoms with Crippen LogP contribution in [-0.2, 0) is 19.5 Å². The smallest absolute Gasteiger partial charge is 0.179 e. The molecule has 0 spiro atoms. The molecule has 2 aromatic heterocycles. The van der Waals surface area contributed by atoms with Gasteiger partial charge in [0.15, 0.2) is 10.4 Å². The summed E-state index contributed by atoms with van der Waals surface area (Å²) in [4.78, 5) is 3.29.